The number of imide groups is 1. The van der Waals surface area contributed by atoms with E-state index in [9.17, 15) is 24.5 Å². The van der Waals surface area contributed by atoms with Gasteiger partial charge >= 0.3 is 12.0 Å². The van der Waals surface area contributed by atoms with Gasteiger partial charge in [-0.15, -0.1) is 0 Å². The number of carbonyl (C=O) groups is 3. The zero-order valence-electron chi connectivity index (χ0n) is 13.4. The normalized spacial score (nSPS) is 10.0. The predicted octanol–water partition coefficient (Wildman–Crippen LogP) is 1.03. The largest absolute Gasteiger partial charge is 0.452 e. The smallest absolute Gasteiger partial charge is 0.341 e. The Kier molecular flexibility index (Phi) is 6.65. The number of urea groups is 1. The summed E-state index contributed by atoms with van der Waals surface area (Å²) in [6.07, 6.45) is 0. The minimum atomic E-state index is -0.928. The number of anilines is 1. The minimum absolute atomic E-state index is 0.0915. The van der Waals surface area contributed by atoms with Crippen molar-refractivity contribution in [1.82, 2.24) is 10.6 Å². The second-order valence-corrected chi connectivity index (χ2v) is 4.99. The van der Waals surface area contributed by atoms with Gasteiger partial charge in [-0.1, -0.05) is 0 Å². The maximum Gasteiger partial charge on any atom is 0.341 e. The molecule has 0 aliphatic heterocycles. The van der Waals surface area contributed by atoms with Crippen LogP contribution in [0.4, 0.5) is 16.2 Å². The van der Waals surface area contributed by atoms with Gasteiger partial charge in [-0.2, -0.15) is 0 Å². The molecule has 0 atom stereocenters. The molecule has 0 fully saturated rings. The molecule has 0 saturated carbocycles. The highest BCUT2D eigenvalue weighted by molar-refractivity contribution is 5.99. The molecule has 1 rings (SSSR count). The van der Waals surface area contributed by atoms with Crippen LogP contribution in [-0.2, 0) is 9.53 Å². The Bertz CT molecular complexity index is 659. The van der Waals surface area contributed by atoms with Crippen LogP contribution in [0.15, 0.2) is 18.2 Å². The van der Waals surface area contributed by atoms with E-state index >= 15 is 0 Å². The average molecular weight is 338 g/mol. The number of non-ortho nitro benzene ring substituents is 1. The van der Waals surface area contributed by atoms with E-state index in [-0.39, 0.29) is 17.3 Å². The Hall–Kier alpha value is -3.17. The Labute approximate surface area is 137 Å². The van der Waals surface area contributed by atoms with Crippen LogP contribution in [-0.4, -0.2) is 42.5 Å². The summed E-state index contributed by atoms with van der Waals surface area (Å²) in [5, 5.41) is 17.9. The third-order valence-corrected chi connectivity index (χ3v) is 2.71. The van der Waals surface area contributed by atoms with Crippen molar-refractivity contribution in [3.8, 4) is 0 Å². The minimum Gasteiger partial charge on any atom is -0.452 e. The zero-order valence-corrected chi connectivity index (χ0v) is 13.4. The molecule has 0 radical (unpaired) electrons. The van der Waals surface area contributed by atoms with Gasteiger partial charge in [-0.25, -0.2) is 9.59 Å². The van der Waals surface area contributed by atoms with Crippen molar-refractivity contribution in [1.29, 1.82) is 0 Å². The number of amides is 3. The fourth-order valence-corrected chi connectivity index (χ4v) is 1.70. The standard InChI is InChI=1S/C14H18N4O6/c1-8(2)16-14(21)17-12(19)7-24-13(20)10-6-9(18(22)23)4-5-11(10)15-3/h4-6,8,15H,7H2,1-3H3,(H2,16,17,19,21). The number of nitro benzene ring substituents is 1. The van der Waals surface area contributed by atoms with Crippen molar-refractivity contribution in [3.63, 3.8) is 0 Å². The molecule has 0 heterocycles. The Balaban J connectivity index is 2.71. The molecular weight excluding hydrogens is 320 g/mol. The highest BCUT2D eigenvalue weighted by atomic mass is 16.6. The van der Waals surface area contributed by atoms with Crippen molar-refractivity contribution in [2.75, 3.05) is 19.0 Å². The maximum absolute atomic E-state index is 12.0. The maximum atomic E-state index is 12.0. The molecule has 10 nitrogen and oxygen atoms in total. The Morgan fingerprint density at radius 2 is 1.96 bits per heavy atom. The second-order valence-electron chi connectivity index (χ2n) is 4.99. The van der Waals surface area contributed by atoms with Crippen LogP contribution in [0.3, 0.4) is 0 Å². The number of hydrogen-bond donors (Lipinski definition) is 3. The van der Waals surface area contributed by atoms with Crippen molar-refractivity contribution in [2.45, 2.75) is 19.9 Å². The first-order chi connectivity index (χ1) is 11.2. The van der Waals surface area contributed by atoms with Crippen molar-refractivity contribution in [2.24, 2.45) is 0 Å². The SMILES string of the molecule is CNc1ccc([N+](=O)[O-])cc1C(=O)OCC(=O)NC(=O)NC(C)C. The third kappa shape index (κ3) is 5.55. The van der Waals surface area contributed by atoms with E-state index in [1.165, 1.54) is 19.2 Å². The molecule has 1 aromatic rings. The number of esters is 1. The third-order valence-electron chi connectivity index (χ3n) is 2.71. The molecule has 0 aliphatic rings. The van der Waals surface area contributed by atoms with E-state index in [0.29, 0.717) is 5.69 Å². The topological polar surface area (TPSA) is 140 Å². The number of benzene rings is 1. The lowest BCUT2D eigenvalue weighted by molar-refractivity contribution is -0.384. The van der Waals surface area contributed by atoms with Crippen LogP contribution in [0.1, 0.15) is 24.2 Å². The fourth-order valence-electron chi connectivity index (χ4n) is 1.70. The van der Waals surface area contributed by atoms with Crippen LogP contribution in [0.25, 0.3) is 0 Å². The quantitative estimate of drug-likeness (QED) is 0.400. The highest BCUT2D eigenvalue weighted by Gasteiger charge is 2.19. The number of nitrogens with zero attached hydrogens (tertiary/aromatic N) is 1. The van der Waals surface area contributed by atoms with Gasteiger partial charge < -0.3 is 15.4 Å². The molecule has 0 saturated heterocycles. The average Bonchev–Trinajstić information content (AvgIpc) is 2.50. The molecule has 10 heteroatoms. The number of ether oxygens (including phenoxy) is 1. The molecule has 0 unspecified atom stereocenters. The van der Waals surface area contributed by atoms with Gasteiger partial charge in [0, 0.05) is 30.9 Å². The van der Waals surface area contributed by atoms with Crippen LogP contribution in [0, 0.1) is 10.1 Å². The van der Waals surface area contributed by atoms with E-state index in [1.54, 1.807) is 13.8 Å². The lowest BCUT2D eigenvalue weighted by Gasteiger charge is -2.10. The van der Waals surface area contributed by atoms with Crippen LogP contribution in [0.5, 0.6) is 0 Å². The van der Waals surface area contributed by atoms with E-state index < -0.39 is 29.4 Å². The lowest BCUT2D eigenvalue weighted by Crippen LogP contribution is -2.44. The predicted molar refractivity (Wildman–Crippen MR) is 84.7 cm³/mol. The molecule has 0 spiro atoms. The van der Waals surface area contributed by atoms with E-state index in [4.69, 9.17) is 4.74 Å². The zero-order chi connectivity index (χ0) is 18.3. The number of carbonyl (C=O) groups excluding carboxylic acids is 3. The molecule has 0 aromatic heterocycles. The first-order valence-corrected chi connectivity index (χ1v) is 6.98. The summed E-state index contributed by atoms with van der Waals surface area (Å²) in [6, 6.07) is 2.74. The number of rotatable bonds is 6. The van der Waals surface area contributed by atoms with E-state index in [2.05, 4.69) is 10.6 Å². The molecule has 24 heavy (non-hydrogen) atoms. The molecule has 3 amide bonds. The summed E-state index contributed by atoms with van der Waals surface area (Å²) >= 11 is 0. The monoisotopic (exact) mass is 338 g/mol. The second kappa shape index (κ2) is 8.46. The first-order valence-electron chi connectivity index (χ1n) is 6.98. The van der Waals surface area contributed by atoms with Crippen molar-refractivity contribution < 1.29 is 24.0 Å². The van der Waals surface area contributed by atoms with Gasteiger partial charge in [-0.05, 0) is 19.9 Å². The van der Waals surface area contributed by atoms with Crippen molar-refractivity contribution in [3.05, 3.63) is 33.9 Å². The summed E-state index contributed by atoms with van der Waals surface area (Å²) in [4.78, 5) is 45.0. The molecule has 0 aliphatic carbocycles. The van der Waals surface area contributed by atoms with Crippen LogP contribution < -0.4 is 16.0 Å². The molecule has 3 N–H and O–H groups in total. The lowest BCUT2D eigenvalue weighted by atomic mass is 10.1. The highest BCUT2D eigenvalue weighted by Crippen LogP contribution is 2.22. The molecule has 1 aromatic carbocycles. The Morgan fingerprint density at radius 1 is 1.29 bits per heavy atom. The van der Waals surface area contributed by atoms with Crippen LogP contribution >= 0.6 is 0 Å². The number of hydrogen-bond acceptors (Lipinski definition) is 7. The molecule has 130 valence electrons. The summed E-state index contributed by atoms with van der Waals surface area (Å²) < 4.78 is 4.78. The van der Waals surface area contributed by atoms with Crippen LogP contribution in [0.2, 0.25) is 0 Å². The molecule has 0 bridgehead atoms. The van der Waals surface area contributed by atoms with E-state index in [0.717, 1.165) is 6.07 Å². The Morgan fingerprint density at radius 3 is 2.50 bits per heavy atom. The summed E-state index contributed by atoms with van der Waals surface area (Å²) in [5.41, 5.74) is -0.0728. The fraction of sp³-hybridized carbons (Fsp3) is 0.357. The summed E-state index contributed by atoms with van der Waals surface area (Å²) in [6.45, 7) is 2.73. The van der Waals surface area contributed by atoms with Gasteiger partial charge in [-0.3, -0.25) is 20.2 Å². The van der Waals surface area contributed by atoms with Gasteiger partial charge in [0.2, 0.25) is 0 Å². The van der Waals surface area contributed by atoms with Gasteiger partial charge in [0.1, 0.15) is 0 Å². The van der Waals surface area contributed by atoms with Crippen molar-refractivity contribution >= 4 is 29.3 Å². The first kappa shape index (κ1) is 18.9. The van der Waals surface area contributed by atoms with Gasteiger partial charge in [0.25, 0.3) is 11.6 Å². The van der Waals surface area contributed by atoms with Gasteiger partial charge in [0.05, 0.1) is 10.5 Å². The summed E-state index contributed by atoms with van der Waals surface area (Å²) in [5.74, 6) is -1.75. The number of nitrogens with one attached hydrogen (secondary N) is 3. The number of nitro groups is 1. The summed E-state index contributed by atoms with van der Waals surface area (Å²) in [7, 11) is 1.53. The van der Waals surface area contributed by atoms with E-state index in [1.807, 2.05) is 5.32 Å². The van der Waals surface area contributed by atoms with Gasteiger partial charge in [0.15, 0.2) is 6.61 Å². The molecular formula is C14H18N4O6.